The predicted octanol–water partition coefficient (Wildman–Crippen LogP) is 2.51. The minimum Gasteiger partial charge on any atom is -0.384 e. The van der Waals surface area contributed by atoms with Crippen LogP contribution < -0.4 is 0 Å². The molecule has 0 amide bonds. The molecule has 5 nitrogen and oxygen atoms in total. The molecule has 3 fully saturated rings. The Balaban J connectivity index is 1.50. The van der Waals surface area contributed by atoms with Gasteiger partial charge in [-0.1, -0.05) is 41.6 Å². The van der Waals surface area contributed by atoms with Crippen molar-refractivity contribution in [1.29, 1.82) is 0 Å². The van der Waals surface area contributed by atoms with E-state index >= 15 is 0 Å². The van der Waals surface area contributed by atoms with Crippen molar-refractivity contribution in [2.24, 2.45) is 5.92 Å². The highest BCUT2D eigenvalue weighted by molar-refractivity contribution is 5.59. The molecule has 3 aliphatic rings. The number of hydrogen-bond acceptors (Lipinski definition) is 5. The molecule has 1 aromatic carbocycles. The number of nitrogens with zero attached hydrogens (tertiary/aromatic N) is 3. The summed E-state index contributed by atoms with van der Waals surface area (Å²) >= 11 is 0. The fraction of sp³-hybridized carbons (Fsp3) is 0.444. The smallest absolute Gasteiger partial charge is 0.223 e. The number of hydrogen-bond donors (Lipinski definition) is 1. The molecule has 3 aliphatic heterocycles. The van der Waals surface area contributed by atoms with Gasteiger partial charge in [0, 0.05) is 19.0 Å². The minimum absolute atomic E-state index is 0.394. The topological polar surface area (TPSA) is 62.4 Å². The average Bonchev–Trinajstić information content (AvgIpc) is 3.01. The van der Waals surface area contributed by atoms with E-state index in [1.807, 2.05) is 36.4 Å². The van der Waals surface area contributed by atoms with Crippen LogP contribution in [0.15, 0.2) is 34.9 Å². The van der Waals surface area contributed by atoms with E-state index in [1.165, 1.54) is 0 Å². The van der Waals surface area contributed by atoms with E-state index in [0.29, 0.717) is 17.6 Å². The maximum absolute atomic E-state index is 10.9. The van der Waals surface area contributed by atoms with Crippen LogP contribution in [0.5, 0.6) is 0 Å². The fourth-order valence-corrected chi connectivity index (χ4v) is 3.67. The second kappa shape index (κ2) is 5.58. The quantitative estimate of drug-likeness (QED) is 0.943. The average molecular weight is 311 g/mol. The van der Waals surface area contributed by atoms with Crippen LogP contribution in [0, 0.1) is 12.8 Å². The van der Waals surface area contributed by atoms with Crippen LogP contribution in [-0.4, -0.2) is 45.4 Å². The molecule has 0 spiro atoms. The van der Waals surface area contributed by atoms with Crippen LogP contribution in [0.1, 0.15) is 24.3 Å². The summed E-state index contributed by atoms with van der Waals surface area (Å²) in [6.07, 6.45) is 6.19. The molecule has 1 atom stereocenters. The maximum Gasteiger partial charge on any atom is 0.223 e. The first-order valence-corrected chi connectivity index (χ1v) is 8.17. The molecule has 1 N–H and O–H groups in total. The van der Waals surface area contributed by atoms with E-state index in [9.17, 15) is 5.11 Å². The third-order valence-electron chi connectivity index (χ3n) is 5.03. The summed E-state index contributed by atoms with van der Waals surface area (Å²) in [4.78, 5) is 6.58. The lowest BCUT2D eigenvalue weighted by atomic mass is 9.75. The number of aliphatic hydroxyl groups is 1. The zero-order chi connectivity index (χ0) is 15.9. The van der Waals surface area contributed by atoms with E-state index in [4.69, 9.17) is 4.52 Å². The third kappa shape index (κ3) is 2.82. The van der Waals surface area contributed by atoms with Gasteiger partial charge in [-0.2, -0.15) is 4.98 Å². The molecule has 3 saturated heterocycles. The highest BCUT2D eigenvalue weighted by atomic mass is 16.5. The van der Waals surface area contributed by atoms with Crippen molar-refractivity contribution in [2.45, 2.75) is 25.4 Å². The molecule has 2 bridgehead atoms. The van der Waals surface area contributed by atoms with E-state index in [0.717, 1.165) is 43.6 Å². The summed E-state index contributed by atoms with van der Waals surface area (Å²) in [5.41, 5.74) is 1.32. The molecule has 0 radical (unpaired) electrons. The lowest BCUT2D eigenvalue weighted by Crippen LogP contribution is -2.58. The van der Waals surface area contributed by atoms with Gasteiger partial charge in [-0.15, -0.1) is 0 Å². The van der Waals surface area contributed by atoms with Crippen molar-refractivity contribution in [3.8, 4) is 11.4 Å². The molecule has 5 heteroatoms. The van der Waals surface area contributed by atoms with Gasteiger partial charge in [0.25, 0.3) is 0 Å². The zero-order valence-electron chi connectivity index (χ0n) is 13.3. The number of aryl methyl sites for hydroxylation is 1. The first kappa shape index (κ1) is 14.6. The van der Waals surface area contributed by atoms with E-state index in [2.05, 4.69) is 15.0 Å². The monoisotopic (exact) mass is 311 g/mol. The van der Waals surface area contributed by atoms with Crippen molar-refractivity contribution in [1.82, 2.24) is 15.0 Å². The van der Waals surface area contributed by atoms with Gasteiger partial charge in [0.2, 0.25) is 11.7 Å². The zero-order valence-corrected chi connectivity index (χ0v) is 13.3. The Kier molecular flexibility index (Phi) is 3.54. The van der Waals surface area contributed by atoms with Crippen LogP contribution in [0.3, 0.4) is 0 Å². The van der Waals surface area contributed by atoms with Crippen molar-refractivity contribution in [2.75, 3.05) is 19.6 Å². The van der Waals surface area contributed by atoms with Crippen molar-refractivity contribution >= 4 is 6.08 Å². The van der Waals surface area contributed by atoms with Crippen LogP contribution in [0.25, 0.3) is 17.5 Å². The molecule has 0 saturated carbocycles. The Morgan fingerprint density at radius 1 is 1.26 bits per heavy atom. The Morgan fingerprint density at radius 2 is 2.00 bits per heavy atom. The van der Waals surface area contributed by atoms with Crippen molar-refractivity contribution in [3.63, 3.8) is 0 Å². The Morgan fingerprint density at radius 3 is 2.57 bits per heavy atom. The highest BCUT2D eigenvalue weighted by Gasteiger charge is 2.43. The number of rotatable bonds is 3. The Hall–Kier alpha value is -1.98. The molecule has 1 unspecified atom stereocenters. The molecule has 1 aromatic heterocycles. The lowest BCUT2D eigenvalue weighted by molar-refractivity contribution is -0.0775. The Labute approximate surface area is 135 Å². The number of piperidine rings is 3. The Bertz CT molecular complexity index is 714. The number of benzene rings is 1. The van der Waals surface area contributed by atoms with E-state index < -0.39 is 5.60 Å². The summed E-state index contributed by atoms with van der Waals surface area (Å²) in [5, 5.41) is 14.8. The molecular weight excluding hydrogens is 290 g/mol. The normalized spacial score (nSPS) is 30.2. The van der Waals surface area contributed by atoms with E-state index in [1.54, 1.807) is 6.92 Å². The first-order chi connectivity index (χ1) is 11.1. The SMILES string of the molecule is Cc1nc(-c2ccc(/C=C/C3(O)CN4CCC3CC4)cc2)no1. The van der Waals surface area contributed by atoms with Gasteiger partial charge >= 0.3 is 0 Å². The second-order valence-electron chi connectivity index (χ2n) is 6.63. The van der Waals surface area contributed by atoms with Crippen LogP contribution >= 0.6 is 0 Å². The molecule has 5 rings (SSSR count). The fourth-order valence-electron chi connectivity index (χ4n) is 3.67. The molecular formula is C18H21N3O2. The van der Waals surface area contributed by atoms with Gasteiger partial charge in [0.15, 0.2) is 0 Å². The van der Waals surface area contributed by atoms with Gasteiger partial charge in [-0.25, -0.2) is 0 Å². The molecule has 23 heavy (non-hydrogen) atoms. The van der Waals surface area contributed by atoms with Gasteiger partial charge < -0.3 is 14.5 Å². The summed E-state index contributed by atoms with van der Waals surface area (Å²) in [7, 11) is 0. The maximum atomic E-state index is 10.9. The lowest BCUT2D eigenvalue weighted by Gasteiger charge is -2.49. The van der Waals surface area contributed by atoms with Crippen molar-refractivity contribution < 1.29 is 9.63 Å². The second-order valence-corrected chi connectivity index (χ2v) is 6.63. The minimum atomic E-state index is -0.681. The van der Waals surface area contributed by atoms with Crippen LogP contribution in [0.4, 0.5) is 0 Å². The summed E-state index contributed by atoms with van der Waals surface area (Å²) in [6, 6.07) is 7.99. The van der Waals surface area contributed by atoms with Crippen LogP contribution in [-0.2, 0) is 0 Å². The van der Waals surface area contributed by atoms with Crippen molar-refractivity contribution in [3.05, 3.63) is 41.8 Å². The van der Waals surface area contributed by atoms with Gasteiger partial charge in [0.1, 0.15) is 0 Å². The molecule has 120 valence electrons. The summed E-state index contributed by atoms with van der Waals surface area (Å²) in [5.74, 6) is 1.56. The summed E-state index contributed by atoms with van der Waals surface area (Å²) in [6.45, 7) is 4.79. The van der Waals surface area contributed by atoms with E-state index in [-0.39, 0.29) is 0 Å². The van der Waals surface area contributed by atoms with Gasteiger partial charge in [-0.3, -0.25) is 0 Å². The third-order valence-corrected chi connectivity index (χ3v) is 5.03. The summed E-state index contributed by atoms with van der Waals surface area (Å²) < 4.78 is 5.00. The molecule has 2 aromatic rings. The van der Waals surface area contributed by atoms with Crippen LogP contribution in [0.2, 0.25) is 0 Å². The first-order valence-electron chi connectivity index (χ1n) is 8.17. The molecule has 0 aliphatic carbocycles. The standard InChI is InChI=1S/C18H21N3O2/c1-13-19-17(20-23-13)15-4-2-14(3-5-15)6-9-18(22)12-21-10-7-16(18)8-11-21/h2-6,9,16,22H,7-8,10-12H2,1H3/b9-6+. The molecule has 4 heterocycles. The van der Waals surface area contributed by atoms with Gasteiger partial charge in [-0.05, 0) is 37.4 Å². The number of fused-ring (bicyclic) bond motifs is 3. The predicted molar refractivity (Wildman–Crippen MR) is 87.6 cm³/mol. The number of aromatic nitrogens is 2. The largest absolute Gasteiger partial charge is 0.384 e. The van der Waals surface area contributed by atoms with Gasteiger partial charge in [0.05, 0.1) is 5.60 Å². The highest BCUT2D eigenvalue weighted by Crippen LogP contribution is 2.36.